The molecule has 1 aliphatic heterocycles. The van der Waals surface area contributed by atoms with Crippen LogP contribution in [-0.4, -0.2) is 25.2 Å². The molecule has 0 spiro atoms. The van der Waals surface area contributed by atoms with Crippen molar-refractivity contribution in [3.8, 4) is 11.5 Å². The van der Waals surface area contributed by atoms with Crippen molar-refractivity contribution in [2.75, 3.05) is 14.2 Å². The van der Waals surface area contributed by atoms with Crippen molar-refractivity contribution >= 4 is 17.8 Å². The van der Waals surface area contributed by atoms with Crippen LogP contribution in [0.25, 0.3) is 11.8 Å². The lowest BCUT2D eigenvalue weighted by Gasteiger charge is -2.09. The molecule has 0 atom stereocenters. The molecular formula is C18H15NO4. The van der Waals surface area contributed by atoms with E-state index in [1.165, 1.54) is 0 Å². The predicted octanol–water partition coefficient (Wildman–Crippen LogP) is 3.08. The molecule has 0 unspecified atom stereocenters. The van der Waals surface area contributed by atoms with E-state index in [-0.39, 0.29) is 0 Å². The number of rotatable bonds is 4. The number of hydrogen-bond acceptors (Lipinski definition) is 5. The molecule has 0 aliphatic carbocycles. The van der Waals surface area contributed by atoms with Crippen LogP contribution in [0.2, 0.25) is 0 Å². The second-order valence-corrected chi connectivity index (χ2v) is 4.85. The van der Waals surface area contributed by atoms with Gasteiger partial charge in [-0.05, 0) is 42.0 Å². The fraction of sp³-hybridized carbons (Fsp3) is 0.111. The van der Waals surface area contributed by atoms with E-state index in [1.54, 1.807) is 50.9 Å². The van der Waals surface area contributed by atoms with E-state index in [1.807, 2.05) is 18.2 Å². The fourth-order valence-corrected chi connectivity index (χ4v) is 2.26. The lowest BCUT2D eigenvalue weighted by molar-refractivity contribution is -0.130. The van der Waals surface area contributed by atoms with E-state index >= 15 is 0 Å². The number of carbonyl (C=O) groups is 1. The van der Waals surface area contributed by atoms with Gasteiger partial charge in [-0.25, -0.2) is 4.79 Å². The lowest BCUT2D eigenvalue weighted by atomic mass is 10.1. The molecule has 0 amide bonds. The van der Waals surface area contributed by atoms with Gasteiger partial charge in [-0.1, -0.05) is 6.07 Å². The molecule has 116 valence electrons. The van der Waals surface area contributed by atoms with Crippen LogP contribution in [0.3, 0.4) is 0 Å². The number of esters is 1. The van der Waals surface area contributed by atoms with Crippen molar-refractivity contribution in [2.45, 2.75) is 0 Å². The summed E-state index contributed by atoms with van der Waals surface area (Å²) < 4.78 is 15.8. The highest BCUT2D eigenvalue weighted by Crippen LogP contribution is 2.33. The Morgan fingerprint density at radius 2 is 1.96 bits per heavy atom. The summed E-state index contributed by atoms with van der Waals surface area (Å²) in [5.41, 5.74) is 2.05. The Morgan fingerprint density at radius 3 is 2.65 bits per heavy atom. The predicted molar refractivity (Wildman–Crippen MR) is 85.8 cm³/mol. The first-order chi connectivity index (χ1) is 11.2. The Morgan fingerprint density at radius 1 is 1.13 bits per heavy atom. The quantitative estimate of drug-likeness (QED) is 0.641. The summed E-state index contributed by atoms with van der Waals surface area (Å²) in [6, 6.07) is 9.03. The molecule has 3 rings (SSSR count). The van der Waals surface area contributed by atoms with Crippen molar-refractivity contribution in [1.82, 2.24) is 4.98 Å². The molecule has 0 radical (unpaired) electrons. The SMILES string of the molecule is COc1ccc(C2=C/C(=C/c3cccnc3)C(=O)O2)cc1OC. The van der Waals surface area contributed by atoms with Crippen LogP contribution in [0.15, 0.2) is 54.4 Å². The molecule has 0 saturated carbocycles. The molecule has 0 saturated heterocycles. The van der Waals surface area contributed by atoms with Crippen LogP contribution in [0.4, 0.5) is 0 Å². The number of hydrogen-bond donors (Lipinski definition) is 0. The summed E-state index contributed by atoms with van der Waals surface area (Å²) in [5, 5.41) is 0. The molecule has 5 nitrogen and oxygen atoms in total. The van der Waals surface area contributed by atoms with Crippen LogP contribution in [0, 0.1) is 0 Å². The Labute approximate surface area is 133 Å². The van der Waals surface area contributed by atoms with Crippen molar-refractivity contribution in [2.24, 2.45) is 0 Å². The highest BCUT2D eigenvalue weighted by molar-refractivity contribution is 6.05. The van der Waals surface area contributed by atoms with Crippen molar-refractivity contribution in [3.63, 3.8) is 0 Å². The van der Waals surface area contributed by atoms with Gasteiger partial charge in [-0.15, -0.1) is 0 Å². The van der Waals surface area contributed by atoms with Crippen LogP contribution < -0.4 is 9.47 Å². The fourth-order valence-electron chi connectivity index (χ4n) is 2.26. The number of carbonyl (C=O) groups excluding carboxylic acids is 1. The average Bonchev–Trinajstić information content (AvgIpc) is 2.96. The zero-order chi connectivity index (χ0) is 16.2. The van der Waals surface area contributed by atoms with Gasteiger partial charge in [0.15, 0.2) is 11.5 Å². The summed E-state index contributed by atoms with van der Waals surface area (Å²) in [6.07, 6.45) is 6.81. The minimum Gasteiger partial charge on any atom is -0.493 e. The summed E-state index contributed by atoms with van der Waals surface area (Å²) in [5.74, 6) is 1.28. The Kier molecular flexibility index (Phi) is 4.10. The largest absolute Gasteiger partial charge is 0.493 e. The first-order valence-corrected chi connectivity index (χ1v) is 6.99. The molecule has 1 aromatic heterocycles. The van der Waals surface area contributed by atoms with Gasteiger partial charge < -0.3 is 14.2 Å². The second-order valence-electron chi connectivity index (χ2n) is 4.85. The number of ether oxygens (including phenoxy) is 3. The molecule has 23 heavy (non-hydrogen) atoms. The zero-order valence-corrected chi connectivity index (χ0v) is 12.8. The molecule has 0 N–H and O–H groups in total. The highest BCUT2D eigenvalue weighted by atomic mass is 16.5. The van der Waals surface area contributed by atoms with Gasteiger partial charge in [-0.2, -0.15) is 0 Å². The first kappa shape index (κ1) is 14.8. The smallest absolute Gasteiger partial charge is 0.343 e. The average molecular weight is 309 g/mol. The number of pyridine rings is 1. The van der Waals surface area contributed by atoms with Gasteiger partial charge in [0.1, 0.15) is 5.76 Å². The van der Waals surface area contributed by atoms with E-state index < -0.39 is 5.97 Å². The number of nitrogens with zero attached hydrogens (tertiary/aromatic N) is 1. The minimum absolute atomic E-state index is 0.390. The third-order valence-corrected chi connectivity index (χ3v) is 3.40. The van der Waals surface area contributed by atoms with Gasteiger partial charge in [0.25, 0.3) is 0 Å². The molecule has 0 fully saturated rings. The number of aromatic nitrogens is 1. The highest BCUT2D eigenvalue weighted by Gasteiger charge is 2.22. The van der Waals surface area contributed by atoms with Gasteiger partial charge in [0.2, 0.25) is 0 Å². The van der Waals surface area contributed by atoms with Crippen molar-refractivity contribution in [3.05, 3.63) is 65.5 Å². The molecule has 0 bridgehead atoms. The maximum Gasteiger partial charge on any atom is 0.343 e. The molecule has 5 heteroatoms. The van der Waals surface area contributed by atoms with Gasteiger partial charge >= 0.3 is 5.97 Å². The van der Waals surface area contributed by atoms with E-state index in [4.69, 9.17) is 14.2 Å². The molecule has 2 aromatic rings. The van der Waals surface area contributed by atoms with Crippen LogP contribution >= 0.6 is 0 Å². The standard InChI is InChI=1S/C18H15NO4/c1-21-15-6-5-13(9-17(15)22-2)16-10-14(18(20)23-16)8-12-4-3-7-19-11-12/h3-11H,1-2H3/b14-8-. The summed E-state index contributed by atoms with van der Waals surface area (Å²) >= 11 is 0. The van der Waals surface area contributed by atoms with E-state index in [0.717, 1.165) is 11.1 Å². The minimum atomic E-state index is -0.390. The topological polar surface area (TPSA) is 57.7 Å². The third-order valence-electron chi connectivity index (χ3n) is 3.40. The van der Waals surface area contributed by atoms with E-state index in [0.29, 0.717) is 22.8 Å². The monoisotopic (exact) mass is 309 g/mol. The Bertz CT molecular complexity index is 794. The summed E-state index contributed by atoms with van der Waals surface area (Å²) in [7, 11) is 3.13. The van der Waals surface area contributed by atoms with Crippen molar-refractivity contribution in [1.29, 1.82) is 0 Å². The molecular weight excluding hydrogens is 294 g/mol. The van der Waals surface area contributed by atoms with Crippen LogP contribution in [-0.2, 0) is 9.53 Å². The Hall–Kier alpha value is -3.08. The zero-order valence-electron chi connectivity index (χ0n) is 12.8. The van der Waals surface area contributed by atoms with Gasteiger partial charge in [0.05, 0.1) is 19.8 Å². The number of methoxy groups -OCH3 is 2. The van der Waals surface area contributed by atoms with Crippen LogP contribution in [0.5, 0.6) is 11.5 Å². The number of benzene rings is 1. The van der Waals surface area contributed by atoms with Gasteiger partial charge in [-0.3, -0.25) is 4.98 Å². The molecule has 1 aliphatic rings. The van der Waals surface area contributed by atoms with Crippen LogP contribution in [0.1, 0.15) is 11.1 Å². The molecule has 1 aromatic carbocycles. The van der Waals surface area contributed by atoms with Crippen molar-refractivity contribution < 1.29 is 19.0 Å². The third kappa shape index (κ3) is 3.08. The van der Waals surface area contributed by atoms with E-state index in [2.05, 4.69) is 4.98 Å². The Balaban J connectivity index is 1.94. The summed E-state index contributed by atoms with van der Waals surface area (Å²) in [6.45, 7) is 0. The van der Waals surface area contributed by atoms with E-state index in [9.17, 15) is 4.79 Å². The second kappa shape index (κ2) is 6.36. The van der Waals surface area contributed by atoms with Gasteiger partial charge in [0, 0.05) is 18.0 Å². The lowest BCUT2D eigenvalue weighted by Crippen LogP contribution is -1.98. The molecule has 2 heterocycles. The number of cyclic esters (lactones) is 1. The normalized spacial score (nSPS) is 15.3. The maximum atomic E-state index is 12.0. The summed E-state index contributed by atoms with van der Waals surface area (Å²) in [4.78, 5) is 16.0. The maximum absolute atomic E-state index is 12.0. The first-order valence-electron chi connectivity index (χ1n) is 6.99.